The summed E-state index contributed by atoms with van der Waals surface area (Å²) in [5.74, 6) is 0.838. The molecule has 2 rings (SSSR count). The molecule has 0 aliphatic rings. The molecule has 0 aliphatic heterocycles. The molecule has 2 aromatic heterocycles. The van der Waals surface area contributed by atoms with Crippen molar-refractivity contribution in [1.29, 1.82) is 0 Å². The second-order valence-electron chi connectivity index (χ2n) is 4.08. The van der Waals surface area contributed by atoms with Crippen LogP contribution in [-0.2, 0) is 0 Å². The second-order valence-corrected chi connectivity index (χ2v) is 4.42. The number of fused-ring (bicyclic) bond motifs is 1. The highest BCUT2D eigenvalue weighted by molar-refractivity contribution is 6.28. The molecule has 0 saturated heterocycles. The van der Waals surface area contributed by atoms with Crippen LogP contribution in [0.15, 0.2) is 6.20 Å². The Morgan fingerprint density at radius 1 is 1.35 bits per heavy atom. The number of H-pyrrole nitrogens is 1. The van der Waals surface area contributed by atoms with Gasteiger partial charge in [-0.3, -0.25) is 5.10 Å². The number of anilines is 1. The van der Waals surface area contributed by atoms with Crippen LogP contribution in [0, 0.1) is 0 Å². The average Bonchev–Trinajstić information content (AvgIpc) is 2.75. The highest BCUT2D eigenvalue weighted by Gasteiger charge is 2.11. The van der Waals surface area contributed by atoms with E-state index >= 15 is 0 Å². The van der Waals surface area contributed by atoms with Gasteiger partial charge in [-0.1, -0.05) is 19.8 Å². The number of hydrogen-bond acceptors (Lipinski definition) is 4. The predicted octanol–water partition coefficient (Wildman–Crippen LogP) is 2.63. The van der Waals surface area contributed by atoms with E-state index in [9.17, 15) is 0 Å². The number of unbranched alkanes of at least 4 members (excludes halogenated alkanes) is 2. The number of aromatic nitrogens is 4. The van der Waals surface area contributed by atoms with Gasteiger partial charge in [0.05, 0.1) is 11.6 Å². The Kier molecular flexibility index (Phi) is 3.78. The van der Waals surface area contributed by atoms with Crippen molar-refractivity contribution in [3.05, 3.63) is 11.5 Å². The van der Waals surface area contributed by atoms with Gasteiger partial charge in [0.2, 0.25) is 5.28 Å². The van der Waals surface area contributed by atoms with Crippen LogP contribution < -0.4 is 4.90 Å². The number of hydrogen-bond donors (Lipinski definition) is 1. The van der Waals surface area contributed by atoms with Crippen molar-refractivity contribution in [2.75, 3.05) is 18.5 Å². The lowest BCUT2D eigenvalue weighted by atomic mass is 10.2. The normalized spacial score (nSPS) is 11.0. The molecule has 2 heterocycles. The standard InChI is InChI=1S/C11H16ClN5/c1-3-4-5-6-17(2)10-8-7-13-16-9(8)14-11(12)15-10/h7H,3-6H2,1-2H3,(H,13,14,15,16). The molecule has 0 aliphatic carbocycles. The Morgan fingerprint density at radius 3 is 2.94 bits per heavy atom. The Morgan fingerprint density at radius 2 is 2.18 bits per heavy atom. The van der Waals surface area contributed by atoms with E-state index in [4.69, 9.17) is 11.6 Å². The van der Waals surface area contributed by atoms with Gasteiger partial charge in [0.25, 0.3) is 0 Å². The van der Waals surface area contributed by atoms with Gasteiger partial charge < -0.3 is 4.90 Å². The maximum absolute atomic E-state index is 5.89. The van der Waals surface area contributed by atoms with Crippen LogP contribution >= 0.6 is 11.6 Å². The second kappa shape index (κ2) is 5.31. The van der Waals surface area contributed by atoms with E-state index in [1.54, 1.807) is 6.20 Å². The maximum atomic E-state index is 5.89. The predicted molar refractivity (Wildman–Crippen MR) is 69.5 cm³/mol. The number of nitrogens with zero attached hydrogens (tertiary/aromatic N) is 4. The van der Waals surface area contributed by atoms with Crippen LogP contribution in [0.4, 0.5) is 5.82 Å². The minimum atomic E-state index is 0.249. The van der Waals surface area contributed by atoms with Gasteiger partial charge in [0, 0.05) is 13.6 Å². The smallest absolute Gasteiger partial charge is 0.226 e. The molecular formula is C11H16ClN5. The zero-order chi connectivity index (χ0) is 12.3. The van der Waals surface area contributed by atoms with Crippen molar-refractivity contribution in [2.24, 2.45) is 0 Å². The Balaban J connectivity index is 2.24. The quantitative estimate of drug-likeness (QED) is 0.657. The Hall–Kier alpha value is -1.36. The van der Waals surface area contributed by atoms with Crippen molar-refractivity contribution >= 4 is 28.5 Å². The van der Waals surface area contributed by atoms with Crippen molar-refractivity contribution in [1.82, 2.24) is 20.2 Å². The largest absolute Gasteiger partial charge is 0.359 e. The SMILES string of the molecule is CCCCCN(C)c1nc(Cl)nc2[nH]ncc12. The maximum Gasteiger partial charge on any atom is 0.226 e. The fourth-order valence-corrected chi connectivity index (χ4v) is 1.95. The van der Waals surface area contributed by atoms with Gasteiger partial charge in [-0.05, 0) is 18.0 Å². The first-order chi connectivity index (χ1) is 8.22. The van der Waals surface area contributed by atoms with Crippen molar-refractivity contribution in [3.63, 3.8) is 0 Å². The molecule has 0 amide bonds. The summed E-state index contributed by atoms with van der Waals surface area (Å²) in [6.07, 6.45) is 5.31. The Labute approximate surface area is 105 Å². The third-order valence-electron chi connectivity index (χ3n) is 2.72. The van der Waals surface area contributed by atoms with Gasteiger partial charge in [-0.15, -0.1) is 0 Å². The third-order valence-corrected chi connectivity index (χ3v) is 2.89. The molecule has 0 unspecified atom stereocenters. The first-order valence-electron chi connectivity index (χ1n) is 5.80. The van der Waals surface area contributed by atoms with Gasteiger partial charge in [0.1, 0.15) is 5.82 Å². The van der Waals surface area contributed by atoms with Gasteiger partial charge in [0.15, 0.2) is 5.65 Å². The van der Waals surface area contributed by atoms with E-state index in [0.717, 1.165) is 24.2 Å². The minimum Gasteiger partial charge on any atom is -0.359 e. The summed E-state index contributed by atoms with van der Waals surface area (Å²) in [5, 5.41) is 7.94. The molecule has 0 saturated carbocycles. The summed E-state index contributed by atoms with van der Waals surface area (Å²) in [5.41, 5.74) is 0.683. The summed E-state index contributed by atoms with van der Waals surface area (Å²) in [6.45, 7) is 3.15. The molecule has 0 fully saturated rings. The fraction of sp³-hybridized carbons (Fsp3) is 0.545. The minimum absolute atomic E-state index is 0.249. The van der Waals surface area contributed by atoms with Crippen LogP contribution in [0.5, 0.6) is 0 Å². The average molecular weight is 254 g/mol. The molecule has 0 aromatic carbocycles. The molecule has 5 nitrogen and oxygen atoms in total. The molecule has 6 heteroatoms. The molecule has 1 N–H and O–H groups in total. The summed E-state index contributed by atoms with van der Waals surface area (Å²) in [6, 6.07) is 0. The fourth-order valence-electron chi connectivity index (χ4n) is 1.79. The molecule has 0 radical (unpaired) electrons. The number of rotatable bonds is 5. The lowest BCUT2D eigenvalue weighted by Crippen LogP contribution is -2.20. The summed E-state index contributed by atoms with van der Waals surface area (Å²) < 4.78 is 0. The van der Waals surface area contributed by atoms with Crippen molar-refractivity contribution < 1.29 is 0 Å². The molecule has 0 spiro atoms. The van der Waals surface area contributed by atoms with Crippen molar-refractivity contribution in [3.8, 4) is 0 Å². The van der Waals surface area contributed by atoms with Gasteiger partial charge >= 0.3 is 0 Å². The molecule has 2 aromatic rings. The summed E-state index contributed by atoms with van der Waals surface area (Å²) in [4.78, 5) is 10.5. The van der Waals surface area contributed by atoms with E-state index in [1.165, 1.54) is 12.8 Å². The monoisotopic (exact) mass is 253 g/mol. The number of halogens is 1. The summed E-state index contributed by atoms with van der Waals surface area (Å²) >= 11 is 5.89. The number of nitrogens with one attached hydrogen (secondary N) is 1. The van der Waals surface area contributed by atoms with Crippen LogP contribution in [0.3, 0.4) is 0 Å². The summed E-state index contributed by atoms with van der Waals surface area (Å²) in [7, 11) is 2.01. The van der Waals surface area contributed by atoms with E-state index in [0.29, 0.717) is 5.65 Å². The van der Waals surface area contributed by atoms with Crippen molar-refractivity contribution in [2.45, 2.75) is 26.2 Å². The van der Waals surface area contributed by atoms with Gasteiger partial charge in [-0.2, -0.15) is 15.1 Å². The van der Waals surface area contributed by atoms with Crippen LogP contribution in [0.25, 0.3) is 11.0 Å². The highest BCUT2D eigenvalue weighted by Crippen LogP contribution is 2.23. The van der Waals surface area contributed by atoms with E-state index < -0.39 is 0 Å². The highest BCUT2D eigenvalue weighted by atomic mass is 35.5. The Bertz CT molecular complexity index is 496. The molecular weight excluding hydrogens is 238 g/mol. The first-order valence-corrected chi connectivity index (χ1v) is 6.18. The topological polar surface area (TPSA) is 57.7 Å². The van der Waals surface area contributed by atoms with Crippen LogP contribution in [0.2, 0.25) is 5.28 Å². The molecule has 92 valence electrons. The van der Waals surface area contributed by atoms with Crippen LogP contribution in [-0.4, -0.2) is 33.8 Å². The van der Waals surface area contributed by atoms with E-state index in [2.05, 4.69) is 32.0 Å². The van der Waals surface area contributed by atoms with E-state index in [1.807, 2.05) is 7.05 Å². The third kappa shape index (κ3) is 2.66. The molecule has 0 bridgehead atoms. The molecule has 0 atom stereocenters. The zero-order valence-corrected chi connectivity index (χ0v) is 10.8. The van der Waals surface area contributed by atoms with E-state index in [-0.39, 0.29) is 5.28 Å². The lowest BCUT2D eigenvalue weighted by molar-refractivity contribution is 0.702. The van der Waals surface area contributed by atoms with Gasteiger partial charge in [-0.25, -0.2) is 0 Å². The first kappa shape index (κ1) is 12.1. The lowest BCUT2D eigenvalue weighted by Gasteiger charge is -2.18. The zero-order valence-electron chi connectivity index (χ0n) is 10.1. The van der Waals surface area contributed by atoms with Crippen LogP contribution in [0.1, 0.15) is 26.2 Å². The molecule has 17 heavy (non-hydrogen) atoms. The number of aromatic amines is 1.